The van der Waals surface area contributed by atoms with Gasteiger partial charge in [-0.3, -0.25) is 9.59 Å². The van der Waals surface area contributed by atoms with Gasteiger partial charge in [0.15, 0.2) is 0 Å². The monoisotopic (exact) mass is 346 g/mol. The van der Waals surface area contributed by atoms with Gasteiger partial charge in [0.1, 0.15) is 5.82 Å². The highest BCUT2D eigenvalue weighted by Gasteiger charge is 2.21. The molecule has 6 heteroatoms. The smallest absolute Gasteiger partial charge is 0.255 e. The zero-order valence-corrected chi connectivity index (χ0v) is 14.6. The van der Waals surface area contributed by atoms with E-state index in [1.54, 1.807) is 11.9 Å². The minimum atomic E-state index is -0.921. The van der Waals surface area contributed by atoms with Gasteiger partial charge in [0, 0.05) is 25.9 Å². The molecule has 1 aromatic carbocycles. The number of nitrogens with zero attached hydrogens (tertiary/aromatic N) is 2. The Bertz CT molecular complexity index is 784. The normalized spacial score (nSPS) is 12.2. The van der Waals surface area contributed by atoms with E-state index in [2.05, 4.69) is 0 Å². The average molecular weight is 346 g/mol. The molecule has 1 N–H and O–H groups in total. The van der Waals surface area contributed by atoms with E-state index < -0.39 is 6.10 Å². The van der Waals surface area contributed by atoms with Crippen molar-refractivity contribution in [2.45, 2.75) is 20.0 Å². The standard InChI is InChI=1S/C19H23FN2O3/c1-13(2)10-22(12-17(23)14-4-7-16(20)8-5-14)19(25)15-6-9-18(24)21(3)11-15/h4-9,11,13,17,23H,10,12H2,1-3H3. The summed E-state index contributed by atoms with van der Waals surface area (Å²) in [7, 11) is 1.58. The summed E-state index contributed by atoms with van der Waals surface area (Å²) in [6, 6.07) is 8.40. The maximum absolute atomic E-state index is 13.0. The number of aryl methyl sites for hydroxylation is 1. The lowest BCUT2D eigenvalue weighted by Crippen LogP contribution is -2.38. The highest BCUT2D eigenvalue weighted by atomic mass is 19.1. The number of benzene rings is 1. The Morgan fingerprint density at radius 2 is 1.80 bits per heavy atom. The quantitative estimate of drug-likeness (QED) is 0.873. The number of hydrogen-bond donors (Lipinski definition) is 1. The molecule has 5 nitrogen and oxygen atoms in total. The molecule has 2 aromatic rings. The zero-order valence-electron chi connectivity index (χ0n) is 14.6. The molecular weight excluding hydrogens is 323 g/mol. The Balaban J connectivity index is 2.22. The van der Waals surface area contributed by atoms with Gasteiger partial charge in [0.05, 0.1) is 18.2 Å². The van der Waals surface area contributed by atoms with Crippen LogP contribution in [0.25, 0.3) is 0 Å². The average Bonchev–Trinajstić information content (AvgIpc) is 2.56. The van der Waals surface area contributed by atoms with Crippen LogP contribution in [0.15, 0.2) is 47.4 Å². The molecule has 1 heterocycles. The maximum atomic E-state index is 13.0. The van der Waals surface area contributed by atoms with E-state index >= 15 is 0 Å². The Hall–Kier alpha value is -2.47. The predicted molar refractivity (Wildman–Crippen MR) is 93.8 cm³/mol. The minimum absolute atomic E-state index is 0.0888. The van der Waals surface area contributed by atoms with Crippen molar-refractivity contribution in [3.63, 3.8) is 0 Å². The molecule has 134 valence electrons. The molecule has 0 aliphatic heterocycles. The molecule has 1 atom stereocenters. The number of hydrogen-bond acceptors (Lipinski definition) is 3. The van der Waals surface area contributed by atoms with Crippen molar-refractivity contribution in [2.24, 2.45) is 13.0 Å². The molecule has 0 fully saturated rings. The fourth-order valence-corrected chi connectivity index (χ4v) is 2.58. The highest BCUT2D eigenvalue weighted by Crippen LogP contribution is 2.17. The first kappa shape index (κ1) is 18.9. The predicted octanol–water partition coefficient (Wildman–Crippen LogP) is 2.36. The van der Waals surface area contributed by atoms with Gasteiger partial charge in [0.25, 0.3) is 5.91 Å². The van der Waals surface area contributed by atoms with E-state index in [9.17, 15) is 19.1 Å². The molecule has 1 amide bonds. The summed E-state index contributed by atoms with van der Waals surface area (Å²) in [5.41, 5.74) is 0.732. The van der Waals surface area contributed by atoms with E-state index in [0.717, 1.165) is 0 Å². The number of amides is 1. The topological polar surface area (TPSA) is 62.5 Å². The molecule has 1 unspecified atom stereocenters. The number of halogens is 1. The maximum Gasteiger partial charge on any atom is 0.255 e. The Kier molecular flexibility index (Phi) is 6.09. The third-order valence-corrected chi connectivity index (χ3v) is 3.85. The molecule has 0 radical (unpaired) electrons. The van der Waals surface area contributed by atoms with Crippen LogP contribution in [0.1, 0.15) is 35.9 Å². The van der Waals surface area contributed by atoms with Gasteiger partial charge in [0.2, 0.25) is 5.56 Å². The first-order valence-corrected chi connectivity index (χ1v) is 8.17. The largest absolute Gasteiger partial charge is 0.387 e. The molecule has 25 heavy (non-hydrogen) atoms. The molecule has 0 saturated carbocycles. The zero-order chi connectivity index (χ0) is 18.6. The highest BCUT2D eigenvalue weighted by molar-refractivity contribution is 5.94. The number of rotatable bonds is 6. The Morgan fingerprint density at radius 3 is 2.36 bits per heavy atom. The minimum Gasteiger partial charge on any atom is -0.387 e. The van der Waals surface area contributed by atoms with Crippen LogP contribution >= 0.6 is 0 Å². The summed E-state index contributed by atoms with van der Waals surface area (Å²) < 4.78 is 14.4. The number of aliphatic hydroxyl groups is 1. The van der Waals surface area contributed by atoms with Gasteiger partial charge >= 0.3 is 0 Å². The second-order valence-corrected chi connectivity index (χ2v) is 6.54. The van der Waals surface area contributed by atoms with Crippen molar-refractivity contribution in [1.29, 1.82) is 0 Å². The SMILES string of the molecule is CC(C)CN(CC(O)c1ccc(F)cc1)C(=O)c1ccc(=O)n(C)c1. The summed E-state index contributed by atoms with van der Waals surface area (Å²) in [6.45, 7) is 4.50. The van der Waals surface area contributed by atoms with Gasteiger partial charge in [-0.15, -0.1) is 0 Å². The number of aromatic nitrogens is 1. The molecule has 2 rings (SSSR count). The summed E-state index contributed by atoms with van der Waals surface area (Å²) in [5, 5.41) is 10.4. The fraction of sp³-hybridized carbons (Fsp3) is 0.368. The second kappa shape index (κ2) is 8.07. The number of aliphatic hydroxyl groups excluding tert-OH is 1. The summed E-state index contributed by atoms with van der Waals surface area (Å²) in [5.74, 6) is -0.432. The first-order valence-electron chi connectivity index (χ1n) is 8.17. The van der Waals surface area contributed by atoms with Crippen molar-refractivity contribution in [2.75, 3.05) is 13.1 Å². The van der Waals surface area contributed by atoms with Crippen LogP contribution in [0.3, 0.4) is 0 Å². The number of carbonyl (C=O) groups is 1. The van der Waals surface area contributed by atoms with Crippen LogP contribution in [-0.2, 0) is 7.05 Å². The third-order valence-electron chi connectivity index (χ3n) is 3.85. The Morgan fingerprint density at radius 1 is 1.16 bits per heavy atom. The van der Waals surface area contributed by atoms with Crippen molar-refractivity contribution in [3.8, 4) is 0 Å². The van der Waals surface area contributed by atoms with Gasteiger partial charge < -0.3 is 14.6 Å². The third kappa shape index (κ3) is 5.00. The summed E-state index contributed by atoms with van der Waals surface area (Å²) >= 11 is 0. The van der Waals surface area contributed by atoms with Crippen molar-refractivity contribution in [1.82, 2.24) is 9.47 Å². The van der Waals surface area contributed by atoms with Gasteiger partial charge in [-0.2, -0.15) is 0 Å². The van der Waals surface area contributed by atoms with Crippen molar-refractivity contribution >= 4 is 5.91 Å². The molecule has 0 saturated heterocycles. The molecular formula is C19H23FN2O3. The lowest BCUT2D eigenvalue weighted by Gasteiger charge is -2.27. The molecule has 0 spiro atoms. The van der Waals surface area contributed by atoms with Gasteiger partial charge in [-0.05, 0) is 29.7 Å². The second-order valence-electron chi connectivity index (χ2n) is 6.54. The van der Waals surface area contributed by atoms with E-state index in [1.807, 2.05) is 13.8 Å². The van der Waals surface area contributed by atoms with E-state index in [0.29, 0.717) is 17.7 Å². The van der Waals surface area contributed by atoms with E-state index in [4.69, 9.17) is 0 Å². The molecule has 0 aliphatic rings. The summed E-state index contributed by atoms with van der Waals surface area (Å²) in [4.78, 5) is 25.9. The molecule has 1 aromatic heterocycles. The summed E-state index contributed by atoms with van der Waals surface area (Å²) in [6.07, 6.45) is 0.568. The lowest BCUT2D eigenvalue weighted by molar-refractivity contribution is 0.0593. The van der Waals surface area contributed by atoms with Gasteiger partial charge in [-0.1, -0.05) is 26.0 Å². The van der Waals surface area contributed by atoms with Crippen LogP contribution in [0.2, 0.25) is 0 Å². The van der Waals surface area contributed by atoms with E-state index in [1.165, 1.54) is 47.2 Å². The van der Waals surface area contributed by atoms with Crippen molar-refractivity contribution < 1.29 is 14.3 Å². The van der Waals surface area contributed by atoms with Crippen LogP contribution in [-0.4, -0.2) is 33.6 Å². The van der Waals surface area contributed by atoms with Crippen molar-refractivity contribution in [3.05, 3.63) is 69.9 Å². The number of pyridine rings is 1. The number of carbonyl (C=O) groups excluding carboxylic acids is 1. The van der Waals surface area contributed by atoms with Crippen LogP contribution in [0.5, 0.6) is 0 Å². The fourth-order valence-electron chi connectivity index (χ4n) is 2.58. The molecule has 0 aliphatic carbocycles. The lowest BCUT2D eigenvalue weighted by atomic mass is 10.1. The molecule has 0 bridgehead atoms. The van der Waals surface area contributed by atoms with Crippen LogP contribution in [0, 0.1) is 11.7 Å². The van der Waals surface area contributed by atoms with Crippen LogP contribution < -0.4 is 5.56 Å². The van der Waals surface area contributed by atoms with Gasteiger partial charge in [-0.25, -0.2) is 4.39 Å². The first-order chi connectivity index (χ1) is 11.8. The van der Waals surface area contributed by atoms with Crippen LogP contribution in [0.4, 0.5) is 4.39 Å². The van der Waals surface area contributed by atoms with E-state index in [-0.39, 0.29) is 29.7 Å². The Labute approximate surface area is 146 Å².